The molecule has 2 rings (SSSR count). The lowest BCUT2D eigenvalue weighted by molar-refractivity contribution is -0.0274. The summed E-state index contributed by atoms with van der Waals surface area (Å²) in [4.78, 5) is 23.9. The summed E-state index contributed by atoms with van der Waals surface area (Å²) in [7, 11) is 0. The number of amides is 2. The Bertz CT molecular complexity index is 933. The molecule has 0 fully saturated rings. The van der Waals surface area contributed by atoms with E-state index in [1.54, 1.807) is 0 Å². The van der Waals surface area contributed by atoms with Gasteiger partial charge in [0.25, 0.3) is 0 Å². The summed E-state index contributed by atoms with van der Waals surface area (Å²) in [6.45, 7) is 11.1. The second kappa shape index (κ2) is 42.3. The van der Waals surface area contributed by atoms with Crippen molar-refractivity contribution in [3.05, 3.63) is 24.3 Å². The van der Waals surface area contributed by atoms with Crippen molar-refractivity contribution in [3.63, 3.8) is 0 Å². The third-order valence-electron chi connectivity index (χ3n) is 8.74. The number of allylic oxidation sites excluding steroid dienone is 4. The number of rotatable bonds is 38. The van der Waals surface area contributed by atoms with E-state index in [4.69, 9.17) is 61.6 Å². The topological polar surface area (TPSA) is 178 Å². The smallest absolute Gasteiger partial charge is 0.407 e. The van der Waals surface area contributed by atoms with E-state index < -0.39 is 0 Å². The fourth-order valence-corrected chi connectivity index (χ4v) is 5.62. The van der Waals surface area contributed by atoms with Crippen molar-refractivity contribution in [3.8, 4) is 0 Å². The molecule has 0 saturated carbocycles. The average molecular weight is 849 g/mol. The number of ether oxygens (including phenoxy) is 13. The molecule has 0 aromatic carbocycles. The minimum Gasteiger partial charge on any atom is -0.446 e. The normalized spacial score (nSPS) is 18.2. The van der Waals surface area contributed by atoms with Crippen LogP contribution in [0.1, 0.15) is 64.2 Å². The molecule has 0 unspecified atom stereocenters. The zero-order valence-corrected chi connectivity index (χ0v) is 35.6. The highest BCUT2D eigenvalue weighted by atomic mass is 16.6. The predicted molar refractivity (Wildman–Crippen MR) is 220 cm³/mol. The SMILES string of the molecule is O=C(NCCOCCOCCOCCOCCOCCOCCOCCOCCOCCOCCOCCNC(=O)O[C@@H]1CC/C=C/CCC1)O[C@@H]1CC/C=C/CCC1. The van der Waals surface area contributed by atoms with E-state index >= 15 is 0 Å². The molecule has 2 amide bonds. The molecule has 0 radical (unpaired) electrons. The molecular formula is C42H76N2O15. The van der Waals surface area contributed by atoms with Crippen LogP contribution in [0.25, 0.3) is 0 Å². The zero-order chi connectivity index (χ0) is 41.8. The van der Waals surface area contributed by atoms with Gasteiger partial charge in [0.1, 0.15) is 12.2 Å². The van der Waals surface area contributed by atoms with Crippen LogP contribution in [0.15, 0.2) is 24.3 Å². The molecule has 0 spiro atoms. The molecule has 0 heterocycles. The van der Waals surface area contributed by atoms with Gasteiger partial charge in [0.05, 0.1) is 145 Å². The highest BCUT2D eigenvalue weighted by Gasteiger charge is 2.15. The summed E-state index contributed by atoms with van der Waals surface area (Å²) in [6, 6.07) is 0. The van der Waals surface area contributed by atoms with Crippen LogP contribution in [0.4, 0.5) is 9.59 Å². The van der Waals surface area contributed by atoms with Gasteiger partial charge < -0.3 is 72.2 Å². The van der Waals surface area contributed by atoms with Gasteiger partial charge in [-0.3, -0.25) is 0 Å². The molecule has 0 aliphatic heterocycles. The van der Waals surface area contributed by atoms with Crippen molar-refractivity contribution in [1.29, 1.82) is 0 Å². The number of carbonyl (C=O) groups excluding carboxylic acids is 2. The van der Waals surface area contributed by atoms with Gasteiger partial charge in [-0.05, 0) is 64.2 Å². The second-order valence-corrected chi connectivity index (χ2v) is 13.6. The lowest BCUT2D eigenvalue weighted by atomic mass is 10.0. The van der Waals surface area contributed by atoms with E-state index in [-0.39, 0.29) is 24.4 Å². The van der Waals surface area contributed by atoms with Crippen LogP contribution >= 0.6 is 0 Å². The van der Waals surface area contributed by atoms with Crippen LogP contribution in [-0.2, 0) is 61.6 Å². The third kappa shape index (κ3) is 37.1. The first-order chi connectivity index (χ1) is 29.2. The Morgan fingerprint density at radius 3 is 0.847 bits per heavy atom. The van der Waals surface area contributed by atoms with Crippen molar-refractivity contribution in [2.45, 2.75) is 76.4 Å². The quantitative estimate of drug-likeness (QED) is 0.0660. The number of hydrogen-bond donors (Lipinski definition) is 2. The molecule has 2 aliphatic rings. The summed E-state index contributed by atoms with van der Waals surface area (Å²) in [5.74, 6) is 0. The highest BCUT2D eigenvalue weighted by Crippen LogP contribution is 2.16. The van der Waals surface area contributed by atoms with Gasteiger partial charge in [-0.15, -0.1) is 0 Å². The average Bonchev–Trinajstić information content (AvgIpc) is 3.21. The predicted octanol–water partition coefficient (Wildman–Crippen LogP) is 4.40. The molecule has 0 bridgehead atoms. The first kappa shape index (κ1) is 52.7. The van der Waals surface area contributed by atoms with Gasteiger partial charge in [0.2, 0.25) is 0 Å². The molecule has 17 nitrogen and oxygen atoms in total. The van der Waals surface area contributed by atoms with E-state index in [0.29, 0.717) is 158 Å². The summed E-state index contributed by atoms with van der Waals surface area (Å²) < 4.78 is 71.4. The Labute approximate surface area is 352 Å². The highest BCUT2D eigenvalue weighted by molar-refractivity contribution is 5.67. The summed E-state index contributed by atoms with van der Waals surface area (Å²) in [6.07, 6.45) is 17.6. The van der Waals surface area contributed by atoms with Crippen molar-refractivity contribution in [2.75, 3.05) is 158 Å². The van der Waals surface area contributed by atoms with E-state index in [2.05, 4.69) is 34.9 Å². The number of nitrogens with one attached hydrogen (secondary N) is 2. The maximum atomic E-state index is 11.9. The largest absolute Gasteiger partial charge is 0.446 e. The molecule has 2 N–H and O–H groups in total. The van der Waals surface area contributed by atoms with E-state index in [9.17, 15) is 9.59 Å². The standard InChI is InChI=1S/C42H76N2O15/c45-41(58-39-11-7-3-1-4-8-12-39)43-15-17-47-19-21-49-23-25-51-27-29-53-31-33-55-35-37-57-38-36-56-34-32-54-30-28-52-26-24-50-22-20-48-18-16-44-42(46)59-40-13-9-5-2-6-10-14-40/h1-3,5,39-40H,4,6-38H2,(H,43,45)(H,44,46)/b3-1+,5-2+/t39-,40-/m1/s1. The lowest BCUT2D eigenvalue weighted by Crippen LogP contribution is -2.31. The van der Waals surface area contributed by atoms with Gasteiger partial charge in [0.15, 0.2) is 0 Å². The number of alkyl carbamates (subject to hydrolysis) is 2. The molecule has 59 heavy (non-hydrogen) atoms. The second-order valence-electron chi connectivity index (χ2n) is 13.6. The van der Waals surface area contributed by atoms with Gasteiger partial charge in [-0.25, -0.2) is 9.59 Å². The van der Waals surface area contributed by atoms with Gasteiger partial charge in [0, 0.05) is 13.1 Å². The maximum Gasteiger partial charge on any atom is 0.407 e. The van der Waals surface area contributed by atoms with E-state index in [1.807, 2.05) is 0 Å². The van der Waals surface area contributed by atoms with Gasteiger partial charge >= 0.3 is 12.2 Å². The Morgan fingerprint density at radius 2 is 0.576 bits per heavy atom. The van der Waals surface area contributed by atoms with Crippen LogP contribution in [0.2, 0.25) is 0 Å². The molecule has 2 aliphatic carbocycles. The van der Waals surface area contributed by atoms with Crippen LogP contribution in [0.3, 0.4) is 0 Å². The summed E-state index contributed by atoms with van der Waals surface area (Å²) >= 11 is 0. The van der Waals surface area contributed by atoms with Gasteiger partial charge in [-0.1, -0.05) is 24.3 Å². The maximum absolute atomic E-state index is 11.9. The first-order valence-electron chi connectivity index (χ1n) is 21.8. The van der Waals surface area contributed by atoms with Crippen LogP contribution in [0, 0.1) is 0 Å². The number of hydrogen-bond acceptors (Lipinski definition) is 15. The molecule has 0 aromatic rings. The Morgan fingerprint density at radius 1 is 0.339 bits per heavy atom. The van der Waals surface area contributed by atoms with Crippen molar-refractivity contribution < 1.29 is 71.2 Å². The molecule has 344 valence electrons. The molecular weight excluding hydrogens is 772 g/mol. The monoisotopic (exact) mass is 849 g/mol. The Kier molecular flexibility index (Phi) is 37.8. The Balaban J connectivity index is 1.15. The van der Waals surface area contributed by atoms with E-state index in [0.717, 1.165) is 64.2 Å². The van der Waals surface area contributed by atoms with Crippen LogP contribution < -0.4 is 10.6 Å². The van der Waals surface area contributed by atoms with Crippen LogP contribution in [-0.4, -0.2) is 183 Å². The number of carbonyl (C=O) groups is 2. The molecule has 0 saturated heterocycles. The minimum absolute atomic E-state index is 0.0118. The lowest BCUT2D eigenvalue weighted by Gasteiger charge is -2.18. The molecule has 2 atom stereocenters. The van der Waals surface area contributed by atoms with Crippen molar-refractivity contribution in [1.82, 2.24) is 10.6 Å². The zero-order valence-electron chi connectivity index (χ0n) is 35.6. The van der Waals surface area contributed by atoms with Crippen molar-refractivity contribution >= 4 is 12.2 Å². The minimum atomic E-state index is -0.380. The summed E-state index contributed by atoms with van der Waals surface area (Å²) in [5, 5.41) is 5.48. The fraction of sp³-hybridized carbons (Fsp3) is 0.857. The van der Waals surface area contributed by atoms with Gasteiger partial charge in [-0.2, -0.15) is 0 Å². The Hall–Kier alpha value is -2.42. The summed E-state index contributed by atoms with van der Waals surface area (Å²) in [5.41, 5.74) is 0. The fourth-order valence-electron chi connectivity index (χ4n) is 5.62. The van der Waals surface area contributed by atoms with Crippen LogP contribution in [0.5, 0.6) is 0 Å². The molecule has 0 aromatic heterocycles. The van der Waals surface area contributed by atoms with Crippen molar-refractivity contribution in [2.24, 2.45) is 0 Å². The van der Waals surface area contributed by atoms with E-state index in [1.165, 1.54) is 0 Å². The third-order valence-corrected chi connectivity index (χ3v) is 8.74. The first-order valence-corrected chi connectivity index (χ1v) is 21.8. The molecule has 17 heteroatoms.